The molecule has 0 aromatic heterocycles. The number of aliphatic hydroxyl groups is 1. The van der Waals surface area contributed by atoms with Crippen LogP contribution in [0.4, 0.5) is 0 Å². The van der Waals surface area contributed by atoms with E-state index in [2.05, 4.69) is 13.5 Å². The zero-order valence-corrected chi connectivity index (χ0v) is 22.7. The number of ether oxygens (including phenoxy) is 7. The highest BCUT2D eigenvalue weighted by Crippen LogP contribution is 2.45. The van der Waals surface area contributed by atoms with E-state index in [1.165, 1.54) is 5.57 Å². The van der Waals surface area contributed by atoms with Crippen LogP contribution < -0.4 is 0 Å². The van der Waals surface area contributed by atoms with Crippen LogP contribution in [0.5, 0.6) is 0 Å². The lowest BCUT2D eigenvalue weighted by atomic mass is 9.87. The number of rotatable bonds is 9. The van der Waals surface area contributed by atoms with Gasteiger partial charge >= 0.3 is 0 Å². The Morgan fingerprint density at radius 1 is 0.921 bits per heavy atom. The van der Waals surface area contributed by atoms with Crippen molar-refractivity contribution >= 4 is 5.78 Å². The monoisotopic (exact) mass is 536 g/mol. The molecule has 6 rings (SSSR count). The Morgan fingerprint density at radius 2 is 1.71 bits per heavy atom. The van der Waals surface area contributed by atoms with Crippen molar-refractivity contribution in [1.82, 2.24) is 0 Å². The molecule has 6 aliphatic heterocycles. The zero-order chi connectivity index (χ0) is 26.4. The quantitative estimate of drug-likeness (QED) is 0.446. The summed E-state index contributed by atoms with van der Waals surface area (Å²) in [6.45, 7) is 7.40. The van der Waals surface area contributed by atoms with Crippen LogP contribution in [0.1, 0.15) is 64.7 Å². The van der Waals surface area contributed by atoms with Gasteiger partial charge in [0.1, 0.15) is 36.3 Å². The number of ketones is 1. The molecule has 214 valence electrons. The van der Waals surface area contributed by atoms with Crippen LogP contribution in [0, 0.1) is 5.92 Å². The first kappa shape index (κ1) is 27.3. The van der Waals surface area contributed by atoms with Gasteiger partial charge < -0.3 is 38.3 Å². The Balaban J connectivity index is 0.980. The standard InChI is InChI=1S/C29H44O9/c1-4-21-15(2)9-18(34-21)5-6-20-12-23-27(36-20)29-28(38-23)25(31)26-22(37-29)8-7-19(35-26)11-17(30)10-16-13-33-14-24(16)32-3/h16,18-29,31H,2,4-14H2,1,3H3/t16-,18-,19+,20+,21-,22-,23+,24-,25-,26?,27?,28-,29?/m0/s1. The molecule has 0 saturated carbocycles. The average Bonchev–Trinajstić information content (AvgIpc) is 3.67. The van der Waals surface area contributed by atoms with Crippen LogP contribution in [0.15, 0.2) is 12.2 Å². The van der Waals surface area contributed by atoms with E-state index in [0.717, 1.165) is 44.9 Å². The Hall–Kier alpha value is -0.910. The van der Waals surface area contributed by atoms with E-state index in [0.29, 0.717) is 26.1 Å². The third-order valence-electron chi connectivity index (χ3n) is 9.56. The number of carbonyl (C=O) groups is 1. The van der Waals surface area contributed by atoms with Crippen molar-refractivity contribution in [1.29, 1.82) is 0 Å². The Bertz CT molecular complexity index is 865. The summed E-state index contributed by atoms with van der Waals surface area (Å²) in [6.07, 6.45) is 4.65. The fourth-order valence-electron chi connectivity index (χ4n) is 7.53. The summed E-state index contributed by atoms with van der Waals surface area (Å²) in [5.41, 5.74) is 1.21. The molecular formula is C29H44O9. The van der Waals surface area contributed by atoms with Crippen LogP contribution in [0.25, 0.3) is 0 Å². The van der Waals surface area contributed by atoms with E-state index < -0.39 is 18.3 Å². The summed E-state index contributed by atoms with van der Waals surface area (Å²) in [7, 11) is 1.66. The molecule has 0 spiro atoms. The summed E-state index contributed by atoms with van der Waals surface area (Å²) in [5.74, 6) is 0.250. The number of carbonyl (C=O) groups excluding carboxylic acids is 1. The molecule has 0 aromatic carbocycles. The van der Waals surface area contributed by atoms with Crippen molar-refractivity contribution in [3.05, 3.63) is 12.2 Å². The molecule has 6 fully saturated rings. The zero-order valence-electron chi connectivity index (χ0n) is 22.7. The lowest BCUT2D eigenvalue weighted by Gasteiger charge is -2.46. The molecule has 9 nitrogen and oxygen atoms in total. The molecule has 6 saturated heterocycles. The van der Waals surface area contributed by atoms with Gasteiger partial charge in [0.2, 0.25) is 0 Å². The van der Waals surface area contributed by atoms with E-state index in [9.17, 15) is 9.90 Å². The highest BCUT2D eigenvalue weighted by atomic mass is 16.6. The predicted octanol–water partition coefficient (Wildman–Crippen LogP) is 2.50. The molecular weight excluding hydrogens is 492 g/mol. The van der Waals surface area contributed by atoms with Gasteiger partial charge in [-0.25, -0.2) is 0 Å². The van der Waals surface area contributed by atoms with Gasteiger partial charge in [0, 0.05) is 32.3 Å². The van der Waals surface area contributed by atoms with Crippen LogP contribution in [-0.2, 0) is 38.0 Å². The van der Waals surface area contributed by atoms with E-state index in [1.54, 1.807) is 7.11 Å². The smallest absolute Gasteiger partial charge is 0.135 e. The number of methoxy groups -OCH3 is 1. The summed E-state index contributed by atoms with van der Waals surface area (Å²) >= 11 is 0. The normalized spacial score (nSPS) is 48.2. The molecule has 0 aliphatic carbocycles. The van der Waals surface area contributed by atoms with Crippen LogP contribution >= 0.6 is 0 Å². The first-order valence-corrected chi connectivity index (χ1v) is 14.7. The summed E-state index contributed by atoms with van der Waals surface area (Å²) in [6, 6.07) is 0. The lowest BCUT2D eigenvalue weighted by molar-refractivity contribution is -0.263. The molecule has 0 bridgehead atoms. The van der Waals surface area contributed by atoms with Crippen molar-refractivity contribution in [2.75, 3.05) is 20.3 Å². The Kier molecular flexibility index (Phi) is 8.27. The lowest BCUT2D eigenvalue weighted by Crippen LogP contribution is -2.61. The van der Waals surface area contributed by atoms with Gasteiger partial charge in [0.05, 0.1) is 55.9 Å². The second kappa shape index (κ2) is 11.5. The van der Waals surface area contributed by atoms with Crippen LogP contribution in [-0.4, -0.2) is 104 Å². The fraction of sp³-hybridized carbons (Fsp3) is 0.897. The van der Waals surface area contributed by atoms with Crippen LogP contribution in [0.2, 0.25) is 0 Å². The Labute approximate surface area is 225 Å². The third kappa shape index (κ3) is 5.38. The van der Waals surface area contributed by atoms with Gasteiger partial charge in [-0.1, -0.05) is 13.5 Å². The number of hydrogen-bond donors (Lipinski definition) is 1. The van der Waals surface area contributed by atoms with E-state index in [1.807, 2.05) is 0 Å². The second-order valence-corrected chi connectivity index (χ2v) is 12.1. The molecule has 9 heteroatoms. The largest absolute Gasteiger partial charge is 0.387 e. The minimum atomic E-state index is -0.797. The predicted molar refractivity (Wildman–Crippen MR) is 136 cm³/mol. The molecule has 6 aliphatic rings. The van der Waals surface area contributed by atoms with Gasteiger partial charge in [-0.05, 0) is 44.1 Å². The summed E-state index contributed by atoms with van der Waals surface area (Å²) in [4.78, 5) is 12.8. The molecule has 0 radical (unpaired) electrons. The number of Topliss-reactive ketones (excluding diaryl/α,β-unsaturated/α-hetero) is 1. The maximum Gasteiger partial charge on any atom is 0.135 e. The van der Waals surface area contributed by atoms with Crippen molar-refractivity contribution in [2.45, 2.75) is 138 Å². The van der Waals surface area contributed by atoms with Crippen molar-refractivity contribution < 1.29 is 43.1 Å². The number of hydrogen-bond acceptors (Lipinski definition) is 9. The molecule has 0 amide bonds. The van der Waals surface area contributed by atoms with Crippen molar-refractivity contribution in [3.63, 3.8) is 0 Å². The Morgan fingerprint density at radius 3 is 2.50 bits per heavy atom. The van der Waals surface area contributed by atoms with E-state index in [4.69, 9.17) is 33.2 Å². The minimum absolute atomic E-state index is 0.0219. The van der Waals surface area contributed by atoms with E-state index in [-0.39, 0.29) is 66.6 Å². The van der Waals surface area contributed by atoms with Gasteiger partial charge in [0.15, 0.2) is 0 Å². The maximum absolute atomic E-state index is 12.8. The molecule has 13 atom stereocenters. The molecule has 1 N–H and O–H groups in total. The van der Waals surface area contributed by atoms with Crippen molar-refractivity contribution in [3.8, 4) is 0 Å². The molecule has 6 heterocycles. The summed E-state index contributed by atoms with van der Waals surface area (Å²) < 4.78 is 42.5. The summed E-state index contributed by atoms with van der Waals surface area (Å²) in [5, 5.41) is 11.2. The van der Waals surface area contributed by atoms with Crippen LogP contribution in [0.3, 0.4) is 0 Å². The second-order valence-electron chi connectivity index (χ2n) is 12.1. The highest BCUT2D eigenvalue weighted by Gasteiger charge is 2.60. The molecule has 0 aromatic rings. The number of aliphatic hydroxyl groups excluding tert-OH is 1. The van der Waals surface area contributed by atoms with Gasteiger partial charge in [-0.15, -0.1) is 0 Å². The van der Waals surface area contributed by atoms with Gasteiger partial charge in [0.25, 0.3) is 0 Å². The topological polar surface area (TPSA) is 102 Å². The first-order valence-electron chi connectivity index (χ1n) is 14.7. The average molecular weight is 537 g/mol. The third-order valence-corrected chi connectivity index (χ3v) is 9.56. The van der Waals surface area contributed by atoms with Gasteiger partial charge in [-0.3, -0.25) is 4.79 Å². The highest BCUT2D eigenvalue weighted by molar-refractivity contribution is 5.79. The minimum Gasteiger partial charge on any atom is -0.387 e. The van der Waals surface area contributed by atoms with Gasteiger partial charge in [-0.2, -0.15) is 0 Å². The van der Waals surface area contributed by atoms with Crippen molar-refractivity contribution in [2.24, 2.45) is 5.92 Å². The maximum atomic E-state index is 12.8. The molecule has 38 heavy (non-hydrogen) atoms. The SMILES string of the molecule is C=C1C[C@H](CC[C@@H]2C[C@H]3O[C@@H]4C(O[C@H]5CC[C@H](CC(=O)C[C@H]6COC[C@@H]6OC)OC5[C@@H]4O)C3O2)O[C@H]1CC. The molecule has 3 unspecified atom stereocenters. The fourth-order valence-corrected chi connectivity index (χ4v) is 7.53. The number of fused-ring (bicyclic) bond motifs is 4. The first-order chi connectivity index (χ1) is 18.4. The van der Waals surface area contributed by atoms with E-state index >= 15 is 0 Å².